The lowest BCUT2D eigenvalue weighted by Crippen LogP contribution is -2.46. The highest BCUT2D eigenvalue weighted by Crippen LogP contribution is 2.47. The molecule has 1 amide bonds. The summed E-state index contributed by atoms with van der Waals surface area (Å²) in [6.45, 7) is 3.95. The minimum absolute atomic E-state index is 0.00323. The second kappa shape index (κ2) is 6.43. The number of carbonyl (C=O) groups is 2. The van der Waals surface area contributed by atoms with Crippen LogP contribution in [0, 0.1) is 6.92 Å². The molecule has 0 unspecified atom stereocenters. The van der Waals surface area contributed by atoms with Crippen molar-refractivity contribution in [2.75, 3.05) is 5.75 Å². The van der Waals surface area contributed by atoms with E-state index in [1.54, 1.807) is 16.7 Å². The van der Waals surface area contributed by atoms with Crippen molar-refractivity contribution < 1.29 is 14.3 Å². The maximum absolute atomic E-state index is 12.6. The van der Waals surface area contributed by atoms with E-state index < -0.39 is 6.04 Å². The fourth-order valence-corrected chi connectivity index (χ4v) is 5.36. The van der Waals surface area contributed by atoms with Crippen LogP contribution in [-0.4, -0.2) is 38.4 Å². The number of aryl methyl sites for hydroxylation is 1. The number of amides is 1. The highest BCUT2D eigenvalue weighted by atomic mass is 35.5. The molecule has 2 aliphatic rings. The first-order chi connectivity index (χ1) is 12.4. The van der Waals surface area contributed by atoms with Gasteiger partial charge in [0.1, 0.15) is 12.6 Å². The molecular formula is C19H19ClN2O3S. The summed E-state index contributed by atoms with van der Waals surface area (Å²) < 4.78 is 5.51. The van der Waals surface area contributed by atoms with E-state index in [9.17, 15) is 9.59 Å². The van der Waals surface area contributed by atoms with Gasteiger partial charge in [-0.2, -0.15) is 0 Å². The van der Waals surface area contributed by atoms with Crippen molar-refractivity contribution in [1.82, 2.24) is 9.88 Å². The van der Waals surface area contributed by atoms with Crippen LogP contribution >= 0.6 is 23.4 Å². The number of nitrogens with zero attached hydrogens (tertiary/aromatic N) is 2. The topological polar surface area (TPSA) is 59.5 Å². The number of thioether (sulfide) groups is 1. The smallest absolute Gasteiger partial charge is 0.330 e. The predicted molar refractivity (Wildman–Crippen MR) is 102 cm³/mol. The largest absolute Gasteiger partial charge is 0.458 e. The van der Waals surface area contributed by atoms with E-state index in [1.807, 2.05) is 38.1 Å². The average molecular weight is 391 g/mol. The Labute approximate surface area is 161 Å². The van der Waals surface area contributed by atoms with E-state index in [4.69, 9.17) is 16.3 Å². The molecule has 2 saturated heterocycles. The number of rotatable bonds is 3. The minimum atomic E-state index is -0.527. The Morgan fingerprint density at radius 1 is 1.46 bits per heavy atom. The first-order valence-corrected chi connectivity index (χ1v) is 9.93. The van der Waals surface area contributed by atoms with Gasteiger partial charge in [-0.15, -0.1) is 11.8 Å². The molecule has 136 valence electrons. The van der Waals surface area contributed by atoms with Gasteiger partial charge in [0.15, 0.2) is 0 Å². The maximum Gasteiger partial charge on any atom is 0.330 e. The molecule has 0 N–H and O–H groups in total. The Kier molecular flexibility index (Phi) is 4.35. The number of pyridine rings is 1. The molecule has 0 radical (unpaired) electrons. The first-order valence-electron chi connectivity index (χ1n) is 8.57. The third-order valence-electron chi connectivity index (χ3n) is 5.21. The second-order valence-corrected chi connectivity index (χ2v) is 8.77. The van der Waals surface area contributed by atoms with Crippen molar-refractivity contribution in [2.24, 2.45) is 0 Å². The van der Waals surface area contributed by atoms with Crippen LogP contribution in [0.5, 0.6) is 0 Å². The van der Waals surface area contributed by atoms with E-state index in [0.717, 1.165) is 22.9 Å². The van der Waals surface area contributed by atoms with E-state index in [1.165, 1.54) is 0 Å². The van der Waals surface area contributed by atoms with Crippen LogP contribution in [0.3, 0.4) is 0 Å². The molecule has 2 fully saturated rings. The number of fused-ring (bicyclic) bond motifs is 2. The summed E-state index contributed by atoms with van der Waals surface area (Å²) >= 11 is 8.07. The van der Waals surface area contributed by atoms with Crippen molar-refractivity contribution in [3.63, 3.8) is 0 Å². The van der Waals surface area contributed by atoms with Crippen LogP contribution in [0.4, 0.5) is 0 Å². The second-order valence-electron chi connectivity index (χ2n) is 6.89. The Bertz CT molecular complexity index is 919. The lowest BCUT2D eigenvalue weighted by Gasteiger charge is -2.29. The molecule has 0 aliphatic carbocycles. The average Bonchev–Trinajstić information content (AvgIpc) is 3.13. The number of para-hydroxylation sites is 1. The van der Waals surface area contributed by atoms with Gasteiger partial charge in [-0.3, -0.25) is 4.79 Å². The molecule has 0 spiro atoms. The van der Waals surface area contributed by atoms with Gasteiger partial charge in [0.2, 0.25) is 5.91 Å². The summed E-state index contributed by atoms with van der Waals surface area (Å²) in [7, 11) is 0. The van der Waals surface area contributed by atoms with Crippen LogP contribution < -0.4 is 0 Å². The Morgan fingerprint density at radius 3 is 3.04 bits per heavy atom. The molecule has 2 aromatic rings. The zero-order chi connectivity index (χ0) is 18.5. The van der Waals surface area contributed by atoms with E-state index in [0.29, 0.717) is 22.9 Å². The summed E-state index contributed by atoms with van der Waals surface area (Å²) in [5, 5.41) is 1.50. The van der Waals surface area contributed by atoms with Crippen molar-refractivity contribution in [2.45, 2.75) is 44.2 Å². The van der Waals surface area contributed by atoms with E-state index >= 15 is 0 Å². The zero-order valence-electron chi connectivity index (χ0n) is 14.6. The van der Waals surface area contributed by atoms with Gasteiger partial charge in [-0.05, 0) is 31.9 Å². The maximum atomic E-state index is 12.6. The van der Waals surface area contributed by atoms with Crippen molar-refractivity contribution in [3.8, 4) is 0 Å². The summed E-state index contributed by atoms with van der Waals surface area (Å²) in [5.41, 5.74) is 2.28. The molecule has 4 rings (SSSR count). The first kappa shape index (κ1) is 17.6. The molecule has 2 aliphatic heterocycles. The molecule has 1 aromatic carbocycles. The van der Waals surface area contributed by atoms with Crippen molar-refractivity contribution in [3.05, 3.63) is 40.5 Å². The van der Waals surface area contributed by atoms with Crippen LogP contribution in [-0.2, 0) is 20.9 Å². The van der Waals surface area contributed by atoms with Gasteiger partial charge < -0.3 is 9.64 Å². The number of aromatic nitrogens is 1. The van der Waals surface area contributed by atoms with Crippen molar-refractivity contribution in [1.29, 1.82) is 0 Å². The molecule has 3 heterocycles. The summed E-state index contributed by atoms with van der Waals surface area (Å²) in [6, 6.07) is 7.20. The molecule has 7 heteroatoms. The van der Waals surface area contributed by atoms with E-state index in [-0.39, 0.29) is 23.4 Å². The molecule has 2 atom stereocenters. The number of halogens is 1. The fraction of sp³-hybridized carbons (Fsp3) is 0.421. The zero-order valence-corrected chi connectivity index (χ0v) is 16.2. The normalized spacial score (nSPS) is 25.0. The van der Waals surface area contributed by atoms with Crippen LogP contribution in [0.25, 0.3) is 10.9 Å². The Morgan fingerprint density at radius 2 is 2.23 bits per heavy atom. The van der Waals surface area contributed by atoms with Gasteiger partial charge in [-0.1, -0.05) is 29.8 Å². The highest BCUT2D eigenvalue weighted by molar-refractivity contribution is 8.01. The number of hydrogen-bond acceptors (Lipinski definition) is 5. The summed E-state index contributed by atoms with van der Waals surface area (Å²) in [5.74, 6) is 0.205. The van der Waals surface area contributed by atoms with Gasteiger partial charge in [0, 0.05) is 17.6 Å². The summed E-state index contributed by atoms with van der Waals surface area (Å²) in [4.78, 5) is 30.7. The lowest BCUT2D eigenvalue weighted by atomic mass is 10.1. The SMILES string of the molecule is Cc1c(Cl)c(COC(=O)[C@H]2CS[C@]3(C)CCC(=O)N23)nc2ccccc12. The van der Waals surface area contributed by atoms with Crippen LogP contribution in [0.15, 0.2) is 24.3 Å². The van der Waals surface area contributed by atoms with Gasteiger partial charge in [0.25, 0.3) is 0 Å². The molecular weight excluding hydrogens is 372 g/mol. The Hall–Kier alpha value is -1.79. The van der Waals surface area contributed by atoms with Gasteiger partial charge in [-0.25, -0.2) is 9.78 Å². The quantitative estimate of drug-likeness (QED) is 0.748. The third-order valence-corrected chi connectivity index (χ3v) is 7.22. The Balaban J connectivity index is 1.53. The number of esters is 1. The number of ether oxygens (including phenoxy) is 1. The fourth-order valence-electron chi connectivity index (χ4n) is 3.74. The van der Waals surface area contributed by atoms with Crippen LogP contribution in [0.2, 0.25) is 5.02 Å². The highest BCUT2D eigenvalue weighted by Gasteiger charge is 2.53. The molecule has 0 bridgehead atoms. The third kappa shape index (κ3) is 2.76. The monoisotopic (exact) mass is 390 g/mol. The summed E-state index contributed by atoms with van der Waals surface area (Å²) in [6.07, 6.45) is 1.27. The van der Waals surface area contributed by atoms with Gasteiger partial charge in [0.05, 0.1) is 21.1 Å². The standard InChI is InChI=1S/C19H19ClN2O3S/c1-11-12-5-3-4-6-13(12)21-14(17(11)20)9-25-18(24)15-10-26-19(2)8-7-16(23)22(15)19/h3-6,15H,7-10H2,1-2H3/t15-,19-/m1/s1. The number of hydrogen-bond donors (Lipinski definition) is 0. The van der Waals surface area contributed by atoms with E-state index in [2.05, 4.69) is 4.98 Å². The predicted octanol–water partition coefficient (Wildman–Crippen LogP) is 3.69. The molecule has 5 nitrogen and oxygen atoms in total. The lowest BCUT2D eigenvalue weighted by molar-refractivity contribution is -0.154. The van der Waals surface area contributed by atoms with Gasteiger partial charge >= 0.3 is 5.97 Å². The van der Waals surface area contributed by atoms with Crippen molar-refractivity contribution >= 4 is 46.1 Å². The number of benzene rings is 1. The number of carbonyl (C=O) groups excluding carboxylic acids is 2. The molecule has 1 aromatic heterocycles. The minimum Gasteiger partial charge on any atom is -0.458 e. The molecule has 26 heavy (non-hydrogen) atoms. The van der Waals surface area contributed by atoms with Crippen LogP contribution in [0.1, 0.15) is 31.0 Å². The molecule has 0 saturated carbocycles.